The minimum atomic E-state index is -0.505. The molecule has 118 valence electrons. The van der Waals surface area contributed by atoms with Crippen LogP contribution in [0, 0.1) is 0 Å². The highest BCUT2D eigenvalue weighted by atomic mass is 35.5. The fourth-order valence-corrected chi connectivity index (χ4v) is 2.69. The molecule has 0 aliphatic rings. The van der Waals surface area contributed by atoms with Gasteiger partial charge in [0.2, 0.25) is 5.43 Å². The van der Waals surface area contributed by atoms with Gasteiger partial charge in [-0.1, -0.05) is 29.8 Å². The fourth-order valence-electron chi connectivity index (χ4n) is 2.46. The summed E-state index contributed by atoms with van der Waals surface area (Å²) in [6.45, 7) is 0. The summed E-state index contributed by atoms with van der Waals surface area (Å²) < 4.78 is 10.4. The van der Waals surface area contributed by atoms with E-state index in [9.17, 15) is 9.90 Å². The van der Waals surface area contributed by atoms with Gasteiger partial charge in [-0.25, -0.2) is 0 Å². The molecule has 3 aromatic rings. The summed E-state index contributed by atoms with van der Waals surface area (Å²) in [5.74, 6) is 0.500. The summed E-state index contributed by atoms with van der Waals surface area (Å²) >= 11 is 6.16. The Kier molecular flexibility index (Phi) is 3.88. The predicted molar refractivity (Wildman–Crippen MR) is 89.8 cm³/mol. The van der Waals surface area contributed by atoms with Gasteiger partial charge in [0.05, 0.1) is 35.8 Å². The molecule has 0 aliphatic carbocycles. The molecule has 0 saturated carbocycles. The summed E-state index contributed by atoms with van der Waals surface area (Å²) in [5, 5.41) is 11.0. The van der Waals surface area contributed by atoms with Crippen molar-refractivity contribution in [1.82, 2.24) is 4.98 Å². The molecule has 23 heavy (non-hydrogen) atoms. The van der Waals surface area contributed by atoms with Crippen molar-refractivity contribution < 1.29 is 14.6 Å². The third-order valence-corrected chi connectivity index (χ3v) is 3.95. The van der Waals surface area contributed by atoms with E-state index in [2.05, 4.69) is 4.98 Å². The summed E-state index contributed by atoms with van der Waals surface area (Å²) in [4.78, 5) is 15.5. The number of pyridine rings is 1. The number of nitrogens with one attached hydrogen (secondary N) is 1. The number of halogens is 1. The Balaban J connectivity index is 2.37. The van der Waals surface area contributed by atoms with Gasteiger partial charge < -0.3 is 19.6 Å². The molecular formula is C17H14ClNO4. The maximum Gasteiger partial charge on any atom is 0.231 e. The molecule has 0 bridgehead atoms. The first-order valence-corrected chi connectivity index (χ1v) is 7.20. The molecule has 0 fully saturated rings. The van der Waals surface area contributed by atoms with Crippen LogP contribution in [0.4, 0.5) is 0 Å². The molecule has 0 atom stereocenters. The predicted octanol–water partition coefficient (Wildman–Crippen LogP) is 3.57. The standard InChI is InChI=1S/C17H14ClNO4/c1-22-13-7-10-12(8-14(13)23-2)19-15(17(21)16(10)20)9-5-3-4-6-11(9)18/h3-8,21H,1-2H3,(H,19,20). The van der Waals surface area contributed by atoms with Crippen molar-refractivity contribution in [2.45, 2.75) is 0 Å². The Bertz CT molecular complexity index is 949. The normalized spacial score (nSPS) is 10.7. The highest BCUT2D eigenvalue weighted by Crippen LogP contribution is 2.35. The van der Waals surface area contributed by atoms with Gasteiger partial charge in [0.1, 0.15) is 0 Å². The van der Waals surface area contributed by atoms with E-state index in [1.807, 2.05) is 0 Å². The van der Waals surface area contributed by atoms with Crippen molar-refractivity contribution in [2.75, 3.05) is 14.2 Å². The van der Waals surface area contributed by atoms with Crippen LogP contribution in [0.25, 0.3) is 22.2 Å². The SMILES string of the molecule is COc1cc2[nH]c(-c3ccccc3Cl)c(O)c(=O)c2cc1OC. The number of aromatic amines is 1. The zero-order valence-corrected chi connectivity index (χ0v) is 13.3. The summed E-state index contributed by atoms with van der Waals surface area (Å²) in [6.07, 6.45) is 0. The van der Waals surface area contributed by atoms with Gasteiger partial charge in [-0.3, -0.25) is 4.79 Å². The third kappa shape index (κ3) is 2.49. The molecule has 0 unspecified atom stereocenters. The Morgan fingerprint density at radius 2 is 1.74 bits per heavy atom. The number of hydrogen-bond donors (Lipinski definition) is 2. The van der Waals surface area contributed by atoms with Gasteiger partial charge in [-0.15, -0.1) is 0 Å². The minimum Gasteiger partial charge on any atom is -0.503 e. The highest BCUT2D eigenvalue weighted by Gasteiger charge is 2.17. The molecule has 2 aromatic carbocycles. The minimum absolute atomic E-state index is 0.264. The lowest BCUT2D eigenvalue weighted by atomic mass is 10.1. The maximum atomic E-state index is 12.5. The topological polar surface area (TPSA) is 71.5 Å². The Morgan fingerprint density at radius 3 is 2.39 bits per heavy atom. The largest absolute Gasteiger partial charge is 0.503 e. The number of fused-ring (bicyclic) bond motifs is 1. The van der Waals surface area contributed by atoms with Gasteiger partial charge in [-0.2, -0.15) is 0 Å². The lowest BCUT2D eigenvalue weighted by molar-refractivity contribution is 0.355. The van der Waals surface area contributed by atoms with E-state index in [0.29, 0.717) is 33.0 Å². The smallest absolute Gasteiger partial charge is 0.231 e. The Morgan fingerprint density at radius 1 is 1.09 bits per heavy atom. The lowest BCUT2D eigenvalue weighted by Gasteiger charge is -2.12. The van der Waals surface area contributed by atoms with Gasteiger partial charge in [-0.05, 0) is 12.1 Å². The van der Waals surface area contributed by atoms with E-state index >= 15 is 0 Å². The van der Waals surface area contributed by atoms with Crippen molar-refractivity contribution in [3.05, 3.63) is 51.6 Å². The number of methoxy groups -OCH3 is 2. The van der Waals surface area contributed by atoms with E-state index in [0.717, 1.165) is 0 Å². The summed E-state index contributed by atoms with van der Waals surface area (Å²) in [7, 11) is 2.99. The first kappa shape index (κ1) is 15.2. The van der Waals surface area contributed by atoms with E-state index in [4.69, 9.17) is 21.1 Å². The maximum absolute atomic E-state index is 12.5. The van der Waals surface area contributed by atoms with Crippen LogP contribution in [-0.4, -0.2) is 24.3 Å². The van der Waals surface area contributed by atoms with Crippen molar-refractivity contribution >= 4 is 22.5 Å². The number of ether oxygens (including phenoxy) is 2. The first-order valence-electron chi connectivity index (χ1n) is 6.82. The molecule has 2 N–H and O–H groups in total. The van der Waals surface area contributed by atoms with Crippen LogP contribution in [0.1, 0.15) is 0 Å². The van der Waals surface area contributed by atoms with E-state index in [1.54, 1.807) is 30.3 Å². The van der Waals surface area contributed by atoms with Crippen molar-refractivity contribution in [2.24, 2.45) is 0 Å². The quantitative estimate of drug-likeness (QED) is 0.769. The second-order valence-electron chi connectivity index (χ2n) is 4.91. The van der Waals surface area contributed by atoms with E-state index < -0.39 is 11.2 Å². The Hall–Kier alpha value is -2.66. The molecule has 0 aliphatic heterocycles. The zero-order valence-electron chi connectivity index (χ0n) is 12.5. The van der Waals surface area contributed by atoms with Crippen molar-refractivity contribution in [3.63, 3.8) is 0 Å². The molecule has 0 radical (unpaired) electrons. The number of aromatic nitrogens is 1. The molecule has 1 heterocycles. The van der Waals surface area contributed by atoms with E-state index in [-0.39, 0.29) is 5.69 Å². The van der Waals surface area contributed by atoms with Gasteiger partial charge in [0.15, 0.2) is 17.2 Å². The monoisotopic (exact) mass is 331 g/mol. The fraction of sp³-hybridized carbons (Fsp3) is 0.118. The van der Waals surface area contributed by atoms with Crippen LogP contribution in [-0.2, 0) is 0 Å². The van der Waals surface area contributed by atoms with Crippen LogP contribution in [0.5, 0.6) is 17.2 Å². The summed E-state index contributed by atoms with van der Waals surface area (Å²) in [5.41, 5.74) is 0.816. The first-order chi connectivity index (χ1) is 11.1. The molecule has 0 spiro atoms. The molecule has 1 aromatic heterocycles. The van der Waals surface area contributed by atoms with Crippen molar-refractivity contribution in [1.29, 1.82) is 0 Å². The number of H-pyrrole nitrogens is 1. The van der Waals surface area contributed by atoms with Gasteiger partial charge >= 0.3 is 0 Å². The molecule has 5 nitrogen and oxygen atoms in total. The number of hydrogen-bond acceptors (Lipinski definition) is 4. The molecule has 0 saturated heterocycles. The van der Waals surface area contributed by atoms with Crippen LogP contribution in [0.3, 0.4) is 0 Å². The second-order valence-corrected chi connectivity index (χ2v) is 5.32. The second kappa shape index (κ2) is 5.85. The van der Waals surface area contributed by atoms with Crippen LogP contribution in [0.15, 0.2) is 41.2 Å². The zero-order chi connectivity index (χ0) is 16.6. The average Bonchev–Trinajstić information content (AvgIpc) is 2.57. The third-order valence-electron chi connectivity index (χ3n) is 3.62. The van der Waals surface area contributed by atoms with E-state index in [1.165, 1.54) is 20.3 Å². The average molecular weight is 332 g/mol. The molecule has 3 rings (SSSR count). The Labute approximate surface area is 137 Å². The number of rotatable bonds is 3. The van der Waals surface area contributed by atoms with Gasteiger partial charge in [0.25, 0.3) is 0 Å². The highest BCUT2D eigenvalue weighted by molar-refractivity contribution is 6.33. The van der Waals surface area contributed by atoms with Crippen LogP contribution < -0.4 is 14.9 Å². The molecule has 6 heteroatoms. The summed E-state index contributed by atoms with van der Waals surface area (Å²) in [6, 6.07) is 10.1. The number of benzene rings is 2. The number of aromatic hydroxyl groups is 1. The molecule has 0 amide bonds. The molecular weight excluding hydrogens is 318 g/mol. The van der Waals surface area contributed by atoms with Crippen molar-refractivity contribution in [3.8, 4) is 28.5 Å². The van der Waals surface area contributed by atoms with Crippen LogP contribution >= 0.6 is 11.6 Å². The van der Waals surface area contributed by atoms with Crippen LogP contribution in [0.2, 0.25) is 5.02 Å². The lowest BCUT2D eigenvalue weighted by Crippen LogP contribution is -2.06. The van der Waals surface area contributed by atoms with Gasteiger partial charge in [0, 0.05) is 11.6 Å².